The van der Waals surface area contributed by atoms with Gasteiger partial charge in [-0.3, -0.25) is 14.4 Å². The van der Waals surface area contributed by atoms with Gasteiger partial charge in [-0.2, -0.15) is 0 Å². The fourth-order valence-electron chi connectivity index (χ4n) is 5.13. The van der Waals surface area contributed by atoms with Crippen molar-refractivity contribution >= 4 is 17.7 Å². The molecule has 0 fully saturated rings. The van der Waals surface area contributed by atoms with Gasteiger partial charge in [0.15, 0.2) is 0 Å². The van der Waals surface area contributed by atoms with E-state index in [-0.39, 0.29) is 24.1 Å². The molecule has 8 heteroatoms. The number of carbonyl (C=O) groups is 3. The maximum absolute atomic E-state index is 14.1. The Morgan fingerprint density at radius 1 is 0.795 bits per heavy atom. The van der Waals surface area contributed by atoms with Crippen LogP contribution in [0.3, 0.4) is 0 Å². The zero-order chi connectivity index (χ0) is 31.5. The molecule has 0 radical (unpaired) electrons. The number of methoxy groups -OCH3 is 1. The van der Waals surface area contributed by atoms with Crippen LogP contribution < -0.4 is 21.1 Å². The number of carbonyl (C=O) groups excluding carboxylic acids is 3. The first-order chi connectivity index (χ1) is 21.3. The monoisotopic (exact) mass is 592 g/mol. The summed E-state index contributed by atoms with van der Waals surface area (Å²) in [4.78, 5) is 42.1. The molecule has 0 saturated carbocycles. The van der Waals surface area contributed by atoms with E-state index in [0.29, 0.717) is 30.7 Å². The third kappa shape index (κ3) is 8.33. The highest BCUT2D eigenvalue weighted by Gasteiger charge is 2.32. The molecule has 0 aromatic heterocycles. The van der Waals surface area contributed by atoms with Crippen LogP contribution in [0.5, 0.6) is 5.75 Å². The molecule has 8 nitrogen and oxygen atoms in total. The van der Waals surface area contributed by atoms with E-state index in [1.165, 1.54) is 4.90 Å². The van der Waals surface area contributed by atoms with Crippen molar-refractivity contribution < 1.29 is 19.1 Å². The fourth-order valence-corrected chi connectivity index (χ4v) is 5.13. The summed E-state index contributed by atoms with van der Waals surface area (Å²) in [6.45, 7) is 0.463. The van der Waals surface area contributed by atoms with Crippen LogP contribution >= 0.6 is 0 Å². The van der Waals surface area contributed by atoms with E-state index >= 15 is 0 Å². The molecule has 0 aliphatic heterocycles. The molecule has 2 unspecified atom stereocenters. The van der Waals surface area contributed by atoms with Gasteiger partial charge in [0.25, 0.3) is 5.91 Å². The quantitative estimate of drug-likeness (QED) is 0.217. The van der Waals surface area contributed by atoms with Gasteiger partial charge in [-0.25, -0.2) is 0 Å². The summed E-state index contributed by atoms with van der Waals surface area (Å²) in [6, 6.07) is 30.8. The Bertz CT molecular complexity index is 1540. The number of rotatable bonds is 13. The lowest BCUT2D eigenvalue weighted by Crippen LogP contribution is -2.55. The number of benzene rings is 4. The molecule has 4 rings (SSSR count). The summed E-state index contributed by atoms with van der Waals surface area (Å²) in [7, 11) is 4.74. The minimum atomic E-state index is -0.920. The average molecular weight is 593 g/mol. The van der Waals surface area contributed by atoms with Crippen molar-refractivity contribution in [3.63, 3.8) is 0 Å². The second-order valence-corrected chi connectivity index (χ2v) is 10.7. The Morgan fingerprint density at radius 2 is 1.43 bits per heavy atom. The van der Waals surface area contributed by atoms with Crippen molar-refractivity contribution in [2.75, 3.05) is 27.7 Å². The number of amides is 3. The van der Waals surface area contributed by atoms with Crippen molar-refractivity contribution in [2.24, 2.45) is 5.73 Å². The molecular weight excluding hydrogens is 552 g/mol. The molecule has 4 N–H and O–H groups in total. The first-order valence-corrected chi connectivity index (χ1v) is 14.7. The van der Waals surface area contributed by atoms with Crippen molar-refractivity contribution in [3.8, 4) is 16.9 Å². The third-order valence-electron chi connectivity index (χ3n) is 7.68. The SMILES string of the molecule is CNC(=O)C(Cc1ccc(OC)cc1)N(C)C(=O)C(Cc1ccc(-c2ccccc2)cc1)NC(=O)c1cccc(CCN)c1. The first-order valence-electron chi connectivity index (χ1n) is 14.7. The Kier molecular flexibility index (Phi) is 11.3. The normalized spacial score (nSPS) is 12.1. The zero-order valence-electron chi connectivity index (χ0n) is 25.5. The zero-order valence-corrected chi connectivity index (χ0v) is 25.5. The highest BCUT2D eigenvalue weighted by atomic mass is 16.5. The smallest absolute Gasteiger partial charge is 0.251 e. The van der Waals surface area contributed by atoms with E-state index in [9.17, 15) is 14.4 Å². The fraction of sp³-hybridized carbons (Fsp3) is 0.250. The molecule has 0 aliphatic carbocycles. The van der Waals surface area contributed by atoms with Crippen molar-refractivity contribution in [3.05, 3.63) is 125 Å². The van der Waals surface area contributed by atoms with Crippen molar-refractivity contribution in [1.29, 1.82) is 0 Å². The van der Waals surface area contributed by atoms with Crippen molar-refractivity contribution in [1.82, 2.24) is 15.5 Å². The minimum Gasteiger partial charge on any atom is -0.497 e. The molecule has 44 heavy (non-hydrogen) atoms. The van der Waals surface area contributed by atoms with Crippen LogP contribution in [0.25, 0.3) is 11.1 Å². The Balaban J connectivity index is 1.61. The van der Waals surface area contributed by atoms with Crippen molar-refractivity contribution in [2.45, 2.75) is 31.3 Å². The molecule has 228 valence electrons. The van der Waals surface area contributed by atoms with Gasteiger partial charge in [-0.05, 0) is 65.0 Å². The number of nitrogens with one attached hydrogen (secondary N) is 2. The number of likely N-dealkylation sites (N-methyl/N-ethyl adjacent to an activating group) is 2. The van der Waals surface area contributed by atoms with Crippen LogP contribution in [0.1, 0.15) is 27.0 Å². The van der Waals surface area contributed by atoms with Gasteiger partial charge in [0.1, 0.15) is 17.8 Å². The topological polar surface area (TPSA) is 114 Å². The van der Waals surface area contributed by atoms with Crippen LogP contribution in [0.2, 0.25) is 0 Å². The first kappa shape index (κ1) is 32.0. The van der Waals surface area contributed by atoms with Gasteiger partial charge >= 0.3 is 0 Å². The van der Waals surface area contributed by atoms with Gasteiger partial charge in [0, 0.05) is 32.5 Å². The van der Waals surface area contributed by atoms with Crippen LogP contribution in [-0.4, -0.2) is 62.5 Å². The summed E-state index contributed by atoms with van der Waals surface area (Å²) in [5.74, 6) is -0.344. The van der Waals surface area contributed by atoms with Gasteiger partial charge in [-0.15, -0.1) is 0 Å². The number of hydrogen-bond donors (Lipinski definition) is 3. The summed E-state index contributed by atoms with van der Waals surface area (Å²) < 4.78 is 5.25. The standard InChI is InChI=1S/C36H40N4O4/c1-38-35(42)33(24-27-14-18-31(44-3)19-15-27)40(2)36(43)32(39-34(41)30-11-7-8-25(22-30)20-21-37)23-26-12-16-29(17-13-26)28-9-5-4-6-10-28/h4-19,22,32-33H,20-21,23-24,37H2,1-3H3,(H,38,42)(H,39,41). The molecule has 0 spiro atoms. The predicted octanol–water partition coefficient (Wildman–Crippen LogP) is 4.02. The maximum atomic E-state index is 14.1. The van der Waals surface area contributed by atoms with Gasteiger partial charge in [0.2, 0.25) is 11.8 Å². The summed E-state index contributed by atoms with van der Waals surface area (Å²) >= 11 is 0. The van der Waals surface area contributed by atoms with Crippen LogP contribution in [0, 0.1) is 0 Å². The summed E-state index contributed by atoms with van der Waals surface area (Å²) in [5, 5.41) is 5.64. The Labute approximate surface area is 259 Å². The van der Waals surface area contributed by atoms with E-state index in [1.54, 1.807) is 33.3 Å². The molecule has 4 aromatic carbocycles. The lowest BCUT2D eigenvalue weighted by molar-refractivity contribution is -0.140. The van der Waals surface area contributed by atoms with Gasteiger partial charge in [-0.1, -0.05) is 78.9 Å². The predicted molar refractivity (Wildman–Crippen MR) is 173 cm³/mol. The molecular formula is C36H40N4O4. The van der Waals surface area contributed by atoms with E-state index in [0.717, 1.165) is 27.8 Å². The highest BCUT2D eigenvalue weighted by Crippen LogP contribution is 2.21. The summed E-state index contributed by atoms with van der Waals surface area (Å²) in [6.07, 6.45) is 1.17. The number of nitrogens with zero attached hydrogens (tertiary/aromatic N) is 1. The molecule has 3 amide bonds. The maximum Gasteiger partial charge on any atom is 0.251 e. The molecule has 0 heterocycles. The Hall–Kier alpha value is -4.95. The number of nitrogens with two attached hydrogens (primary N) is 1. The molecule has 4 aromatic rings. The van der Waals surface area contributed by atoms with E-state index in [4.69, 9.17) is 10.5 Å². The van der Waals surface area contributed by atoms with E-state index in [1.807, 2.05) is 91.0 Å². The van der Waals surface area contributed by atoms with E-state index in [2.05, 4.69) is 10.6 Å². The lowest BCUT2D eigenvalue weighted by Gasteiger charge is -2.31. The summed E-state index contributed by atoms with van der Waals surface area (Å²) in [5.41, 5.74) is 11.0. The lowest BCUT2D eigenvalue weighted by atomic mass is 9.98. The molecule has 0 bridgehead atoms. The van der Waals surface area contributed by atoms with Crippen LogP contribution in [-0.2, 0) is 28.9 Å². The van der Waals surface area contributed by atoms with Gasteiger partial charge < -0.3 is 26.0 Å². The Morgan fingerprint density at radius 3 is 2.07 bits per heavy atom. The highest BCUT2D eigenvalue weighted by molar-refractivity contribution is 5.98. The largest absolute Gasteiger partial charge is 0.497 e. The molecule has 2 atom stereocenters. The molecule has 0 aliphatic rings. The van der Waals surface area contributed by atoms with Crippen LogP contribution in [0.4, 0.5) is 0 Å². The van der Waals surface area contributed by atoms with Gasteiger partial charge in [0.05, 0.1) is 7.11 Å². The third-order valence-corrected chi connectivity index (χ3v) is 7.68. The second kappa shape index (κ2) is 15.5. The van der Waals surface area contributed by atoms with Crippen LogP contribution in [0.15, 0.2) is 103 Å². The number of hydrogen-bond acceptors (Lipinski definition) is 5. The average Bonchev–Trinajstić information content (AvgIpc) is 3.07. The molecule has 0 saturated heterocycles. The minimum absolute atomic E-state index is 0.246. The number of ether oxygens (including phenoxy) is 1. The second-order valence-electron chi connectivity index (χ2n) is 10.7. The van der Waals surface area contributed by atoms with E-state index < -0.39 is 12.1 Å².